The normalized spacial score (nSPS) is 26.1. The van der Waals surface area contributed by atoms with Gasteiger partial charge in [0.15, 0.2) is 0 Å². The molecule has 0 aliphatic carbocycles. The number of hydrogen-bond acceptors (Lipinski definition) is 4. The molecule has 0 spiro atoms. The fraction of sp³-hybridized carbons (Fsp3) is 0.600. The van der Waals surface area contributed by atoms with Crippen molar-refractivity contribution in [3.63, 3.8) is 0 Å². The summed E-state index contributed by atoms with van der Waals surface area (Å²) in [4.78, 5) is 2.41. The van der Waals surface area contributed by atoms with Crippen LogP contribution in [0.4, 0.5) is 0 Å². The average Bonchev–Trinajstić information content (AvgIpc) is 2.43. The van der Waals surface area contributed by atoms with E-state index in [4.69, 9.17) is 15.2 Å². The summed E-state index contributed by atoms with van der Waals surface area (Å²) in [6.45, 7) is 6.90. The summed E-state index contributed by atoms with van der Waals surface area (Å²) < 4.78 is 10.8. The third kappa shape index (κ3) is 3.69. The van der Waals surface area contributed by atoms with Gasteiger partial charge in [0, 0.05) is 25.2 Å². The quantitative estimate of drug-likeness (QED) is 0.901. The fourth-order valence-corrected chi connectivity index (χ4v) is 2.44. The van der Waals surface area contributed by atoms with E-state index in [0.717, 1.165) is 31.0 Å². The van der Waals surface area contributed by atoms with E-state index in [0.29, 0.717) is 12.1 Å². The molecule has 2 N–H and O–H groups in total. The number of rotatable bonds is 4. The number of hydrogen-bond donors (Lipinski definition) is 1. The second kappa shape index (κ2) is 6.37. The van der Waals surface area contributed by atoms with Crippen LogP contribution in [0.25, 0.3) is 0 Å². The zero-order valence-electron chi connectivity index (χ0n) is 12.0. The van der Waals surface area contributed by atoms with Gasteiger partial charge in [-0.15, -0.1) is 0 Å². The van der Waals surface area contributed by atoms with Crippen LogP contribution >= 0.6 is 0 Å². The van der Waals surface area contributed by atoms with Crippen LogP contribution in [0, 0.1) is 0 Å². The Morgan fingerprint density at radius 3 is 2.68 bits per heavy atom. The van der Waals surface area contributed by atoms with Crippen molar-refractivity contribution < 1.29 is 9.47 Å². The monoisotopic (exact) mass is 264 g/mol. The molecule has 0 radical (unpaired) electrons. The molecule has 2 rings (SSSR count). The Morgan fingerprint density at radius 1 is 1.37 bits per heavy atom. The third-order valence-corrected chi connectivity index (χ3v) is 3.71. The number of ether oxygens (including phenoxy) is 2. The highest BCUT2D eigenvalue weighted by Crippen LogP contribution is 2.19. The van der Waals surface area contributed by atoms with Crippen LogP contribution in [-0.4, -0.2) is 43.9 Å². The van der Waals surface area contributed by atoms with Crippen LogP contribution in [0.15, 0.2) is 24.3 Å². The van der Waals surface area contributed by atoms with E-state index in [-0.39, 0.29) is 6.04 Å². The predicted molar refractivity (Wildman–Crippen MR) is 76.4 cm³/mol. The molecule has 3 atom stereocenters. The Labute approximate surface area is 115 Å². The van der Waals surface area contributed by atoms with Crippen molar-refractivity contribution in [3.05, 3.63) is 29.8 Å². The van der Waals surface area contributed by atoms with Gasteiger partial charge in [0.1, 0.15) is 5.75 Å². The fourth-order valence-electron chi connectivity index (χ4n) is 2.44. The van der Waals surface area contributed by atoms with Gasteiger partial charge >= 0.3 is 0 Å². The maximum Gasteiger partial charge on any atom is 0.118 e. The Morgan fingerprint density at radius 2 is 2.05 bits per heavy atom. The van der Waals surface area contributed by atoms with Gasteiger partial charge in [0.05, 0.1) is 19.8 Å². The second-order valence-corrected chi connectivity index (χ2v) is 5.33. The first-order valence-corrected chi connectivity index (χ1v) is 6.85. The van der Waals surface area contributed by atoms with Gasteiger partial charge in [-0.25, -0.2) is 0 Å². The van der Waals surface area contributed by atoms with Gasteiger partial charge in [-0.05, 0) is 31.5 Å². The van der Waals surface area contributed by atoms with Crippen molar-refractivity contribution in [1.82, 2.24) is 4.90 Å². The zero-order valence-corrected chi connectivity index (χ0v) is 12.0. The summed E-state index contributed by atoms with van der Waals surface area (Å²) in [6, 6.07) is 8.45. The Balaban J connectivity index is 1.97. The smallest absolute Gasteiger partial charge is 0.118 e. The molecular formula is C15H24N2O2. The molecule has 0 bridgehead atoms. The molecule has 0 aromatic heterocycles. The van der Waals surface area contributed by atoms with Crippen molar-refractivity contribution in [1.29, 1.82) is 0 Å². The molecule has 1 heterocycles. The molecule has 4 nitrogen and oxygen atoms in total. The van der Waals surface area contributed by atoms with Crippen LogP contribution in [0.3, 0.4) is 0 Å². The van der Waals surface area contributed by atoms with Gasteiger partial charge in [0.25, 0.3) is 0 Å². The SMILES string of the molecule is COc1ccc(C(N)CN2CC(C)OCC2C)cc1. The maximum atomic E-state index is 6.30. The number of morpholine rings is 1. The lowest BCUT2D eigenvalue weighted by Crippen LogP contribution is -2.49. The highest BCUT2D eigenvalue weighted by Gasteiger charge is 2.25. The summed E-state index contributed by atoms with van der Waals surface area (Å²) in [6.07, 6.45) is 0.291. The number of nitrogens with two attached hydrogens (primary N) is 1. The Hall–Kier alpha value is -1.10. The number of methoxy groups -OCH3 is 1. The highest BCUT2D eigenvalue weighted by atomic mass is 16.5. The minimum Gasteiger partial charge on any atom is -0.497 e. The van der Waals surface area contributed by atoms with Crippen LogP contribution in [0.2, 0.25) is 0 Å². The first-order valence-electron chi connectivity index (χ1n) is 6.85. The lowest BCUT2D eigenvalue weighted by atomic mass is 10.1. The van der Waals surface area contributed by atoms with Crippen LogP contribution < -0.4 is 10.5 Å². The van der Waals surface area contributed by atoms with E-state index in [1.54, 1.807) is 7.11 Å². The molecule has 0 amide bonds. The van der Waals surface area contributed by atoms with E-state index >= 15 is 0 Å². The topological polar surface area (TPSA) is 47.7 Å². The van der Waals surface area contributed by atoms with Crippen LogP contribution in [0.5, 0.6) is 5.75 Å². The zero-order chi connectivity index (χ0) is 13.8. The van der Waals surface area contributed by atoms with Gasteiger partial charge in [-0.1, -0.05) is 12.1 Å². The molecule has 1 fully saturated rings. The van der Waals surface area contributed by atoms with Crippen LogP contribution in [0.1, 0.15) is 25.5 Å². The van der Waals surface area contributed by atoms with Gasteiger partial charge in [0.2, 0.25) is 0 Å². The third-order valence-electron chi connectivity index (χ3n) is 3.71. The molecule has 1 aliphatic heterocycles. The Kier molecular flexibility index (Phi) is 4.80. The molecule has 106 valence electrons. The number of nitrogens with zero attached hydrogens (tertiary/aromatic N) is 1. The van der Waals surface area contributed by atoms with Crippen molar-refractivity contribution in [2.24, 2.45) is 5.73 Å². The van der Waals surface area contributed by atoms with E-state index in [9.17, 15) is 0 Å². The van der Waals surface area contributed by atoms with Gasteiger partial charge in [-0.3, -0.25) is 4.90 Å². The highest BCUT2D eigenvalue weighted by molar-refractivity contribution is 5.29. The molecule has 1 aromatic carbocycles. The summed E-state index contributed by atoms with van der Waals surface area (Å²) >= 11 is 0. The van der Waals surface area contributed by atoms with Crippen LogP contribution in [-0.2, 0) is 4.74 Å². The first kappa shape index (κ1) is 14.3. The lowest BCUT2D eigenvalue weighted by molar-refractivity contribution is -0.0510. The summed E-state index contributed by atoms with van der Waals surface area (Å²) in [5.41, 5.74) is 7.45. The van der Waals surface area contributed by atoms with E-state index in [2.05, 4.69) is 18.7 Å². The first-order chi connectivity index (χ1) is 9.10. The molecule has 3 unspecified atom stereocenters. The van der Waals surface area contributed by atoms with E-state index < -0.39 is 0 Å². The molecule has 19 heavy (non-hydrogen) atoms. The minimum absolute atomic E-state index is 0.0265. The van der Waals surface area contributed by atoms with E-state index in [1.165, 1.54) is 0 Å². The largest absolute Gasteiger partial charge is 0.497 e. The second-order valence-electron chi connectivity index (χ2n) is 5.33. The van der Waals surface area contributed by atoms with Crippen molar-refractivity contribution in [2.45, 2.75) is 32.0 Å². The molecule has 1 saturated heterocycles. The molecule has 1 aromatic rings. The van der Waals surface area contributed by atoms with Gasteiger partial charge in [-0.2, -0.15) is 0 Å². The summed E-state index contributed by atoms with van der Waals surface area (Å²) in [5, 5.41) is 0. The molecule has 4 heteroatoms. The minimum atomic E-state index is 0.0265. The van der Waals surface area contributed by atoms with Crippen molar-refractivity contribution >= 4 is 0 Å². The van der Waals surface area contributed by atoms with E-state index in [1.807, 2.05) is 24.3 Å². The maximum absolute atomic E-state index is 6.30. The van der Waals surface area contributed by atoms with Crippen molar-refractivity contribution in [2.75, 3.05) is 26.8 Å². The molecule has 1 aliphatic rings. The average molecular weight is 264 g/mol. The standard InChI is InChI=1S/C15H24N2O2/c1-11-10-19-12(2)8-17(11)9-15(16)13-4-6-14(18-3)7-5-13/h4-7,11-12,15H,8-10,16H2,1-3H3. The Bertz CT molecular complexity index is 394. The molecular weight excluding hydrogens is 240 g/mol. The summed E-state index contributed by atoms with van der Waals surface area (Å²) in [7, 11) is 1.67. The number of benzene rings is 1. The summed E-state index contributed by atoms with van der Waals surface area (Å²) in [5.74, 6) is 0.865. The van der Waals surface area contributed by atoms with Crippen molar-refractivity contribution in [3.8, 4) is 5.75 Å². The lowest BCUT2D eigenvalue weighted by Gasteiger charge is -2.38. The predicted octanol–water partition coefficient (Wildman–Crippen LogP) is 1.80. The van der Waals surface area contributed by atoms with Gasteiger partial charge < -0.3 is 15.2 Å². The molecule has 0 saturated carbocycles.